The van der Waals surface area contributed by atoms with E-state index in [4.69, 9.17) is 4.42 Å². The molecule has 3 rings (SSSR count). The molecular formula is C21H33IN6O. The zero-order valence-electron chi connectivity index (χ0n) is 17.6. The van der Waals surface area contributed by atoms with Crippen molar-refractivity contribution in [3.05, 3.63) is 42.3 Å². The van der Waals surface area contributed by atoms with E-state index >= 15 is 0 Å². The van der Waals surface area contributed by atoms with E-state index < -0.39 is 0 Å². The van der Waals surface area contributed by atoms with Gasteiger partial charge in [-0.1, -0.05) is 18.2 Å². The van der Waals surface area contributed by atoms with E-state index in [2.05, 4.69) is 51.3 Å². The second kappa shape index (κ2) is 12.1. The summed E-state index contributed by atoms with van der Waals surface area (Å²) in [5, 5.41) is 6.77. The maximum atomic E-state index is 5.60. The van der Waals surface area contributed by atoms with Gasteiger partial charge < -0.3 is 20.0 Å². The number of rotatable bonds is 7. The number of aromatic nitrogens is 1. The van der Waals surface area contributed by atoms with Crippen LogP contribution in [0.15, 0.2) is 46.0 Å². The fourth-order valence-corrected chi connectivity index (χ4v) is 3.23. The maximum absolute atomic E-state index is 5.60. The van der Waals surface area contributed by atoms with E-state index in [0.29, 0.717) is 18.5 Å². The van der Waals surface area contributed by atoms with Crippen LogP contribution < -0.4 is 10.6 Å². The Morgan fingerprint density at radius 2 is 1.90 bits per heavy atom. The third-order valence-electron chi connectivity index (χ3n) is 5.04. The molecule has 160 valence electrons. The minimum atomic E-state index is 0. The number of hydrogen-bond acceptors (Lipinski definition) is 5. The fourth-order valence-electron chi connectivity index (χ4n) is 3.23. The van der Waals surface area contributed by atoms with Gasteiger partial charge in [0.15, 0.2) is 5.96 Å². The Bertz CT molecular complexity index is 743. The second-order valence-corrected chi connectivity index (χ2v) is 7.27. The van der Waals surface area contributed by atoms with Crippen LogP contribution in [0.25, 0.3) is 11.5 Å². The molecule has 29 heavy (non-hydrogen) atoms. The van der Waals surface area contributed by atoms with E-state index in [1.807, 2.05) is 30.3 Å². The van der Waals surface area contributed by atoms with Gasteiger partial charge in [-0.05, 0) is 33.0 Å². The molecule has 0 saturated carbocycles. The van der Waals surface area contributed by atoms with Gasteiger partial charge in [0.05, 0.1) is 6.54 Å². The van der Waals surface area contributed by atoms with Gasteiger partial charge >= 0.3 is 0 Å². The van der Waals surface area contributed by atoms with Crippen LogP contribution in [-0.2, 0) is 6.54 Å². The summed E-state index contributed by atoms with van der Waals surface area (Å²) in [5.41, 5.74) is 1.80. The van der Waals surface area contributed by atoms with E-state index in [0.717, 1.165) is 56.5 Å². The minimum absolute atomic E-state index is 0. The van der Waals surface area contributed by atoms with Crippen molar-refractivity contribution in [2.75, 3.05) is 46.3 Å². The average molecular weight is 512 g/mol. The number of oxazole rings is 1. The number of aliphatic imine (C=N–C) groups is 1. The number of halogens is 1. The molecule has 1 atom stereocenters. The van der Waals surface area contributed by atoms with Crippen LogP contribution in [0.2, 0.25) is 0 Å². The third-order valence-corrected chi connectivity index (χ3v) is 5.04. The van der Waals surface area contributed by atoms with Crippen molar-refractivity contribution in [1.82, 2.24) is 25.4 Å². The Balaban J connectivity index is 0.00000300. The first-order valence-corrected chi connectivity index (χ1v) is 10.1. The molecule has 0 aliphatic carbocycles. The molecule has 0 amide bonds. The summed E-state index contributed by atoms with van der Waals surface area (Å²) >= 11 is 0. The van der Waals surface area contributed by atoms with Crippen molar-refractivity contribution in [2.45, 2.75) is 26.4 Å². The summed E-state index contributed by atoms with van der Waals surface area (Å²) in [6.07, 6.45) is 1.68. The van der Waals surface area contributed by atoms with Gasteiger partial charge in [-0.15, -0.1) is 24.0 Å². The lowest BCUT2D eigenvalue weighted by Gasteiger charge is -2.36. The minimum Gasteiger partial charge on any atom is -0.444 e. The Morgan fingerprint density at radius 1 is 1.17 bits per heavy atom. The molecule has 0 spiro atoms. The van der Waals surface area contributed by atoms with Gasteiger partial charge in [0, 0.05) is 50.9 Å². The van der Waals surface area contributed by atoms with Gasteiger partial charge in [-0.2, -0.15) is 0 Å². The zero-order chi connectivity index (χ0) is 19.8. The summed E-state index contributed by atoms with van der Waals surface area (Å²) in [4.78, 5) is 14.1. The standard InChI is InChI=1S/C21H32N6O.HI/c1-4-22-21(23-14-17(2)27-12-10-26(3)11-13-27)24-15-19-16-28-20(25-19)18-8-6-5-7-9-18;/h5-9,16-17H,4,10-15H2,1-3H3,(H2,22,23,24);1H. The summed E-state index contributed by atoms with van der Waals surface area (Å²) in [5.74, 6) is 1.44. The largest absolute Gasteiger partial charge is 0.444 e. The fraction of sp³-hybridized carbons (Fsp3) is 0.524. The predicted octanol–water partition coefficient (Wildman–Crippen LogP) is 2.65. The zero-order valence-corrected chi connectivity index (χ0v) is 19.9. The molecule has 1 aliphatic rings. The molecule has 2 aromatic rings. The van der Waals surface area contributed by atoms with Crippen LogP contribution in [-0.4, -0.2) is 73.1 Å². The average Bonchev–Trinajstić information content (AvgIpc) is 3.20. The molecule has 2 N–H and O–H groups in total. The summed E-state index contributed by atoms with van der Waals surface area (Å²) in [6.45, 7) is 11.0. The summed E-state index contributed by atoms with van der Waals surface area (Å²) in [6, 6.07) is 10.4. The number of likely N-dealkylation sites (N-methyl/N-ethyl adjacent to an activating group) is 1. The Hall–Kier alpha value is -1.65. The number of benzene rings is 1. The first-order valence-electron chi connectivity index (χ1n) is 10.1. The van der Waals surface area contributed by atoms with Crippen LogP contribution in [0.1, 0.15) is 19.5 Å². The smallest absolute Gasteiger partial charge is 0.226 e. The van der Waals surface area contributed by atoms with Crippen LogP contribution >= 0.6 is 24.0 Å². The highest BCUT2D eigenvalue weighted by molar-refractivity contribution is 14.0. The normalized spacial score (nSPS) is 16.9. The van der Waals surface area contributed by atoms with Crippen LogP contribution in [0.3, 0.4) is 0 Å². The lowest BCUT2D eigenvalue weighted by atomic mass is 10.2. The Kier molecular flexibility index (Phi) is 9.89. The molecule has 0 bridgehead atoms. The van der Waals surface area contributed by atoms with E-state index in [1.165, 1.54) is 0 Å². The number of nitrogens with zero attached hydrogens (tertiary/aromatic N) is 4. The first kappa shape index (κ1) is 23.6. The van der Waals surface area contributed by atoms with Crippen molar-refractivity contribution in [3.63, 3.8) is 0 Å². The molecule has 1 fully saturated rings. The molecule has 8 heteroatoms. The highest BCUT2D eigenvalue weighted by Gasteiger charge is 2.19. The van der Waals surface area contributed by atoms with Crippen molar-refractivity contribution >= 4 is 29.9 Å². The van der Waals surface area contributed by atoms with Crippen molar-refractivity contribution in [1.29, 1.82) is 0 Å². The van der Waals surface area contributed by atoms with Crippen LogP contribution in [0.5, 0.6) is 0 Å². The highest BCUT2D eigenvalue weighted by atomic mass is 127. The van der Waals surface area contributed by atoms with Gasteiger partial charge in [0.25, 0.3) is 0 Å². The molecule has 1 aliphatic heterocycles. The number of guanidine groups is 1. The van der Waals surface area contributed by atoms with Crippen LogP contribution in [0, 0.1) is 0 Å². The molecule has 1 saturated heterocycles. The van der Waals surface area contributed by atoms with Gasteiger partial charge in [-0.3, -0.25) is 4.90 Å². The van der Waals surface area contributed by atoms with Gasteiger partial charge in [0.2, 0.25) is 5.89 Å². The lowest BCUT2D eigenvalue weighted by Crippen LogP contribution is -2.52. The summed E-state index contributed by atoms with van der Waals surface area (Å²) < 4.78 is 5.60. The predicted molar refractivity (Wildman–Crippen MR) is 129 cm³/mol. The molecule has 1 unspecified atom stereocenters. The molecule has 7 nitrogen and oxygen atoms in total. The number of nitrogens with one attached hydrogen (secondary N) is 2. The summed E-state index contributed by atoms with van der Waals surface area (Å²) in [7, 11) is 2.18. The third kappa shape index (κ3) is 7.27. The van der Waals surface area contributed by atoms with E-state index in [9.17, 15) is 0 Å². The monoisotopic (exact) mass is 512 g/mol. The number of piperazine rings is 1. The number of hydrogen-bond donors (Lipinski definition) is 2. The molecule has 1 aromatic carbocycles. The topological polar surface area (TPSA) is 68.9 Å². The molecule has 0 radical (unpaired) electrons. The van der Waals surface area contributed by atoms with Crippen molar-refractivity contribution in [2.24, 2.45) is 4.99 Å². The first-order chi connectivity index (χ1) is 13.7. The Labute approximate surface area is 191 Å². The molecular weight excluding hydrogens is 479 g/mol. The SMILES string of the molecule is CCNC(=NCc1coc(-c2ccccc2)n1)NCC(C)N1CCN(C)CC1.I. The quantitative estimate of drug-likeness (QED) is 0.338. The lowest BCUT2D eigenvalue weighted by molar-refractivity contribution is 0.120. The Morgan fingerprint density at radius 3 is 2.59 bits per heavy atom. The van der Waals surface area contributed by atoms with E-state index in [-0.39, 0.29) is 24.0 Å². The van der Waals surface area contributed by atoms with E-state index in [1.54, 1.807) is 6.26 Å². The molecule has 2 heterocycles. The van der Waals surface area contributed by atoms with Crippen LogP contribution in [0.4, 0.5) is 0 Å². The van der Waals surface area contributed by atoms with Gasteiger partial charge in [-0.25, -0.2) is 9.98 Å². The van der Waals surface area contributed by atoms with Crippen molar-refractivity contribution in [3.8, 4) is 11.5 Å². The molecule has 1 aromatic heterocycles. The highest BCUT2D eigenvalue weighted by Crippen LogP contribution is 2.18. The van der Waals surface area contributed by atoms with Crippen molar-refractivity contribution < 1.29 is 4.42 Å². The second-order valence-electron chi connectivity index (χ2n) is 7.27. The van der Waals surface area contributed by atoms with Gasteiger partial charge in [0.1, 0.15) is 12.0 Å². The maximum Gasteiger partial charge on any atom is 0.226 e.